The van der Waals surface area contributed by atoms with Crippen LogP contribution in [-0.2, 0) is 11.6 Å². The molecule has 2 heterocycles. The first-order valence-electron chi connectivity index (χ1n) is 8.81. The number of hydrogen-bond donors (Lipinski definition) is 2. The van der Waals surface area contributed by atoms with Crippen LogP contribution in [0.1, 0.15) is 35.3 Å². The van der Waals surface area contributed by atoms with Crippen LogP contribution in [0.4, 0.5) is 13.2 Å². The largest absolute Gasteiger partial charge is 0.463 e. The number of H-pyrrole nitrogens is 1. The SMILES string of the molecule is CC(C)(CNC(=O)c1ccc(-c2ccco2)[nH]c1=O)c1cccc(C(F)(F)F)c1. The molecule has 1 aromatic carbocycles. The molecule has 0 saturated heterocycles. The van der Waals surface area contributed by atoms with Gasteiger partial charge in [0.25, 0.3) is 11.5 Å². The van der Waals surface area contributed by atoms with Gasteiger partial charge in [-0.1, -0.05) is 32.0 Å². The number of aromatic amines is 1. The number of benzene rings is 1. The van der Waals surface area contributed by atoms with E-state index in [4.69, 9.17) is 4.42 Å². The van der Waals surface area contributed by atoms with Crippen LogP contribution in [0.5, 0.6) is 0 Å². The van der Waals surface area contributed by atoms with Crippen LogP contribution in [0.3, 0.4) is 0 Å². The summed E-state index contributed by atoms with van der Waals surface area (Å²) in [5.74, 6) is -0.156. The number of nitrogens with one attached hydrogen (secondary N) is 2. The first-order chi connectivity index (χ1) is 13.6. The summed E-state index contributed by atoms with van der Waals surface area (Å²) in [6.07, 6.45) is -2.98. The molecule has 0 saturated carbocycles. The van der Waals surface area contributed by atoms with E-state index in [2.05, 4.69) is 10.3 Å². The molecule has 0 atom stereocenters. The summed E-state index contributed by atoms with van der Waals surface area (Å²) in [6.45, 7) is 3.48. The molecule has 152 valence electrons. The molecule has 0 fully saturated rings. The lowest BCUT2D eigenvalue weighted by Crippen LogP contribution is -2.38. The van der Waals surface area contributed by atoms with Crippen molar-refractivity contribution in [3.63, 3.8) is 0 Å². The maximum atomic E-state index is 13.0. The van der Waals surface area contributed by atoms with E-state index in [0.29, 0.717) is 17.0 Å². The molecule has 0 spiro atoms. The highest BCUT2D eigenvalue weighted by Crippen LogP contribution is 2.32. The molecule has 0 aliphatic carbocycles. The lowest BCUT2D eigenvalue weighted by molar-refractivity contribution is -0.137. The van der Waals surface area contributed by atoms with Crippen molar-refractivity contribution in [2.24, 2.45) is 0 Å². The van der Waals surface area contributed by atoms with E-state index in [0.717, 1.165) is 12.1 Å². The van der Waals surface area contributed by atoms with Gasteiger partial charge in [0, 0.05) is 12.0 Å². The van der Waals surface area contributed by atoms with Gasteiger partial charge in [-0.05, 0) is 35.9 Å². The zero-order valence-corrected chi connectivity index (χ0v) is 15.8. The third kappa shape index (κ3) is 4.59. The maximum absolute atomic E-state index is 13.0. The fraction of sp³-hybridized carbons (Fsp3) is 0.238. The summed E-state index contributed by atoms with van der Waals surface area (Å²) in [6, 6.07) is 11.2. The number of hydrogen-bond acceptors (Lipinski definition) is 3. The average Bonchev–Trinajstić information content (AvgIpc) is 3.20. The molecule has 0 unspecified atom stereocenters. The Bertz CT molecular complexity index is 1070. The molecule has 3 aromatic rings. The number of furan rings is 1. The molecule has 8 heteroatoms. The molecule has 5 nitrogen and oxygen atoms in total. The minimum Gasteiger partial charge on any atom is -0.463 e. The first-order valence-corrected chi connectivity index (χ1v) is 8.81. The molecule has 2 aromatic heterocycles. The molecule has 0 aliphatic heterocycles. The second-order valence-corrected chi connectivity index (χ2v) is 7.24. The molecule has 0 radical (unpaired) electrons. The number of pyridine rings is 1. The van der Waals surface area contributed by atoms with Crippen LogP contribution >= 0.6 is 0 Å². The molecule has 0 bridgehead atoms. The highest BCUT2D eigenvalue weighted by molar-refractivity contribution is 5.94. The Morgan fingerprint density at radius 2 is 1.79 bits per heavy atom. The number of rotatable bonds is 5. The Morgan fingerprint density at radius 1 is 1.07 bits per heavy atom. The van der Waals surface area contributed by atoms with Crippen LogP contribution < -0.4 is 10.9 Å². The van der Waals surface area contributed by atoms with Gasteiger partial charge >= 0.3 is 6.18 Å². The van der Waals surface area contributed by atoms with Crippen molar-refractivity contribution >= 4 is 5.91 Å². The summed E-state index contributed by atoms with van der Waals surface area (Å²) in [7, 11) is 0. The maximum Gasteiger partial charge on any atom is 0.416 e. The van der Waals surface area contributed by atoms with Gasteiger partial charge in [-0.15, -0.1) is 0 Å². The Morgan fingerprint density at radius 3 is 2.41 bits per heavy atom. The second-order valence-electron chi connectivity index (χ2n) is 7.24. The fourth-order valence-electron chi connectivity index (χ4n) is 2.84. The Hall–Kier alpha value is -3.29. The molecule has 2 N–H and O–H groups in total. The van der Waals surface area contributed by atoms with E-state index in [1.807, 2.05) is 0 Å². The number of carbonyl (C=O) groups is 1. The van der Waals surface area contributed by atoms with Crippen molar-refractivity contribution in [3.05, 3.63) is 81.8 Å². The number of carbonyl (C=O) groups excluding carboxylic acids is 1. The van der Waals surface area contributed by atoms with Gasteiger partial charge in [0.05, 0.1) is 17.5 Å². The molecule has 29 heavy (non-hydrogen) atoms. The van der Waals surface area contributed by atoms with E-state index in [-0.39, 0.29) is 12.1 Å². The molecule has 0 aliphatic rings. The van der Waals surface area contributed by atoms with E-state index < -0.39 is 28.6 Å². The van der Waals surface area contributed by atoms with Crippen LogP contribution in [0, 0.1) is 0 Å². The van der Waals surface area contributed by atoms with Crippen molar-refractivity contribution in [3.8, 4) is 11.5 Å². The van der Waals surface area contributed by atoms with Gasteiger partial charge in [0.2, 0.25) is 0 Å². The summed E-state index contributed by atoms with van der Waals surface area (Å²) >= 11 is 0. The number of amides is 1. The third-order valence-electron chi connectivity index (χ3n) is 4.60. The second kappa shape index (κ2) is 7.62. The predicted molar refractivity (Wildman–Crippen MR) is 102 cm³/mol. The quantitative estimate of drug-likeness (QED) is 0.664. The molecular formula is C21H19F3N2O3. The van der Waals surface area contributed by atoms with Crippen molar-refractivity contribution in [2.45, 2.75) is 25.4 Å². The minimum absolute atomic E-state index is 0.0481. The van der Waals surface area contributed by atoms with Crippen molar-refractivity contribution in [2.75, 3.05) is 6.54 Å². The third-order valence-corrected chi connectivity index (χ3v) is 4.60. The summed E-state index contributed by atoms with van der Waals surface area (Å²) < 4.78 is 44.1. The predicted octanol–water partition coefficient (Wildman–Crippen LogP) is 4.36. The van der Waals surface area contributed by atoms with Crippen LogP contribution in [0.15, 0.2) is 64.0 Å². The standard InChI is InChI=1S/C21H19F3N2O3/c1-20(2,13-5-3-6-14(11-13)21(22,23)24)12-25-18(27)15-8-9-16(26-19(15)28)17-7-4-10-29-17/h3-11H,12H2,1-2H3,(H,25,27)(H,26,28). The van der Waals surface area contributed by atoms with Crippen molar-refractivity contribution in [1.29, 1.82) is 0 Å². The lowest BCUT2D eigenvalue weighted by Gasteiger charge is -2.26. The first kappa shape index (κ1) is 20.4. The van der Waals surface area contributed by atoms with Crippen molar-refractivity contribution < 1.29 is 22.4 Å². The molecule has 1 amide bonds. The Labute approximate surface area is 164 Å². The molecule has 3 rings (SSSR count). The lowest BCUT2D eigenvalue weighted by atomic mass is 9.83. The zero-order chi connectivity index (χ0) is 21.2. The normalized spacial score (nSPS) is 12.0. The van der Waals surface area contributed by atoms with Gasteiger partial charge in [0.1, 0.15) is 11.3 Å². The number of alkyl halides is 3. The number of halogens is 3. The van der Waals surface area contributed by atoms with Gasteiger partial charge in [-0.25, -0.2) is 0 Å². The van der Waals surface area contributed by atoms with Crippen LogP contribution in [0.25, 0.3) is 11.5 Å². The van der Waals surface area contributed by atoms with Gasteiger partial charge in [0.15, 0.2) is 0 Å². The van der Waals surface area contributed by atoms with Gasteiger partial charge in [-0.3, -0.25) is 9.59 Å². The summed E-state index contributed by atoms with van der Waals surface area (Å²) in [5.41, 5.74) is -1.36. The van der Waals surface area contributed by atoms with E-state index in [9.17, 15) is 22.8 Å². The fourth-order valence-corrected chi connectivity index (χ4v) is 2.84. The van der Waals surface area contributed by atoms with Gasteiger partial charge in [-0.2, -0.15) is 13.2 Å². The summed E-state index contributed by atoms with van der Waals surface area (Å²) in [4.78, 5) is 27.3. The topological polar surface area (TPSA) is 75.1 Å². The van der Waals surface area contributed by atoms with Crippen LogP contribution in [0.2, 0.25) is 0 Å². The van der Waals surface area contributed by atoms with Gasteiger partial charge < -0.3 is 14.7 Å². The van der Waals surface area contributed by atoms with Crippen molar-refractivity contribution in [1.82, 2.24) is 10.3 Å². The minimum atomic E-state index is -4.45. The van der Waals surface area contributed by atoms with E-state index >= 15 is 0 Å². The van der Waals surface area contributed by atoms with E-state index in [1.54, 1.807) is 38.1 Å². The Balaban J connectivity index is 1.74. The highest BCUT2D eigenvalue weighted by atomic mass is 19.4. The average molecular weight is 404 g/mol. The number of aromatic nitrogens is 1. The molecular weight excluding hydrogens is 385 g/mol. The zero-order valence-electron chi connectivity index (χ0n) is 15.8. The Kier molecular flexibility index (Phi) is 5.37. The van der Waals surface area contributed by atoms with Crippen LogP contribution in [-0.4, -0.2) is 17.4 Å². The van der Waals surface area contributed by atoms with E-state index in [1.165, 1.54) is 18.4 Å². The monoisotopic (exact) mass is 404 g/mol. The smallest absolute Gasteiger partial charge is 0.416 e. The highest BCUT2D eigenvalue weighted by Gasteiger charge is 2.32. The summed E-state index contributed by atoms with van der Waals surface area (Å²) in [5, 5.41) is 2.63.